The molecule has 1 aliphatic heterocycles. The molecule has 0 bridgehead atoms. The third kappa shape index (κ3) is 5.27. The van der Waals surface area contributed by atoms with Crippen LogP contribution in [0.4, 0.5) is 5.69 Å². The van der Waals surface area contributed by atoms with E-state index in [1.54, 1.807) is 71.6 Å². The lowest BCUT2D eigenvalue weighted by molar-refractivity contribution is -0.137. The van der Waals surface area contributed by atoms with Crippen LogP contribution in [-0.4, -0.2) is 33.4 Å². The number of esters is 1. The largest absolute Gasteiger partial charge is 0.461 e. The fourth-order valence-electron chi connectivity index (χ4n) is 3.35. The summed E-state index contributed by atoms with van der Waals surface area (Å²) in [5, 5.41) is 0.975. The molecule has 0 atom stereocenters. The summed E-state index contributed by atoms with van der Waals surface area (Å²) in [4.78, 5) is 14.0. The normalized spacial score (nSPS) is 14.1. The first kappa shape index (κ1) is 23.0. The lowest BCUT2D eigenvalue weighted by Crippen LogP contribution is -2.34. The van der Waals surface area contributed by atoms with Gasteiger partial charge in [0.05, 0.1) is 17.3 Å². The van der Waals surface area contributed by atoms with Crippen LogP contribution in [0.15, 0.2) is 88.2 Å². The topological polar surface area (TPSA) is 76.0 Å². The molecule has 0 N–H and O–H groups in total. The number of carbonyl (C=O) groups excluding carboxylic acids is 1. The maximum Gasteiger partial charge on any atom is 0.330 e. The van der Waals surface area contributed by atoms with Gasteiger partial charge in [0.1, 0.15) is 11.5 Å². The predicted molar refractivity (Wildman–Crippen MR) is 130 cm³/mol. The van der Waals surface area contributed by atoms with Crippen LogP contribution in [0.5, 0.6) is 0 Å². The van der Waals surface area contributed by atoms with Gasteiger partial charge in [-0.3, -0.25) is 0 Å². The molecule has 6 nitrogen and oxygen atoms in total. The minimum Gasteiger partial charge on any atom is -0.461 e. The molecule has 33 heavy (non-hydrogen) atoms. The second kappa shape index (κ2) is 9.79. The van der Waals surface area contributed by atoms with E-state index in [0.717, 1.165) is 5.56 Å². The van der Waals surface area contributed by atoms with E-state index in [0.29, 0.717) is 21.3 Å². The average molecular weight is 501 g/mol. The first-order valence-electron chi connectivity index (χ1n) is 9.92. The van der Waals surface area contributed by atoms with Crippen molar-refractivity contribution in [2.75, 3.05) is 18.1 Å². The highest BCUT2D eigenvalue weighted by molar-refractivity contribution is 7.90. The number of benzene rings is 3. The van der Waals surface area contributed by atoms with Gasteiger partial charge in [-0.15, -0.1) is 4.40 Å². The maximum atomic E-state index is 12.6. The Labute approximate surface area is 201 Å². The summed E-state index contributed by atoms with van der Waals surface area (Å²) in [6, 6.07) is 20.6. The molecular weight excluding hydrogens is 483 g/mol. The quantitative estimate of drug-likeness (QED) is 0.343. The van der Waals surface area contributed by atoms with E-state index in [1.165, 1.54) is 12.1 Å². The van der Waals surface area contributed by atoms with E-state index in [1.807, 2.05) is 6.07 Å². The van der Waals surface area contributed by atoms with E-state index in [9.17, 15) is 13.2 Å². The molecule has 1 aliphatic rings. The second-order valence-electron chi connectivity index (χ2n) is 7.05. The van der Waals surface area contributed by atoms with Crippen LogP contribution < -0.4 is 4.90 Å². The molecule has 0 radical (unpaired) electrons. The van der Waals surface area contributed by atoms with Crippen molar-refractivity contribution in [3.63, 3.8) is 0 Å². The van der Waals surface area contributed by atoms with Crippen molar-refractivity contribution in [1.29, 1.82) is 0 Å². The molecule has 0 spiro atoms. The SMILES string of the molecule is O=C(C=Cc1cccc(Cl)c1)OCCN(C1=NS(=O)(=O)c2ccccc21)c1ccccc1Cl. The lowest BCUT2D eigenvalue weighted by Gasteiger charge is -2.25. The Kier molecular flexibility index (Phi) is 6.83. The molecule has 4 rings (SSSR count). The van der Waals surface area contributed by atoms with Crippen LogP contribution in [0.3, 0.4) is 0 Å². The first-order valence-corrected chi connectivity index (χ1v) is 12.1. The van der Waals surface area contributed by atoms with Crippen molar-refractivity contribution in [3.05, 3.63) is 100 Å². The number of para-hydroxylation sites is 1. The molecule has 0 unspecified atom stereocenters. The van der Waals surface area contributed by atoms with Gasteiger partial charge in [0.25, 0.3) is 10.0 Å². The van der Waals surface area contributed by atoms with Crippen LogP contribution in [0.25, 0.3) is 6.08 Å². The standard InChI is InChI=1S/C24H18Cl2N2O4S/c25-18-7-5-6-17(16-18)12-13-23(29)32-15-14-28(21-10-3-2-9-20(21)26)24-19-8-1-4-11-22(19)33(30,31)27-24/h1-13,16H,14-15H2. The van der Waals surface area contributed by atoms with Crippen molar-refractivity contribution in [3.8, 4) is 0 Å². The average Bonchev–Trinajstić information content (AvgIpc) is 3.07. The van der Waals surface area contributed by atoms with Crippen molar-refractivity contribution < 1.29 is 17.9 Å². The van der Waals surface area contributed by atoms with E-state index in [2.05, 4.69) is 4.40 Å². The fraction of sp³-hybridized carbons (Fsp3) is 0.0833. The Bertz CT molecular complexity index is 1370. The van der Waals surface area contributed by atoms with Crippen LogP contribution in [-0.2, 0) is 19.6 Å². The van der Waals surface area contributed by atoms with Crippen molar-refractivity contribution in [2.24, 2.45) is 4.40 Å². The molecule has 0 saturated heterocycles. The molecule has 0 aromatic heterocycles. The number of ether oxygens (including phenoxy) is 1. The monoisotopic (exact) mass is 500 g/mol. The van der Waals surface area contributed by atoms with Crippen LogP contribution in [0.1, 0.15) is 11.1 Å². The number of fused-ring (bicyclic) bond motifs is 1. The van der Waals surface area contributed by atoms with Gasteiger partial charge >= 0.3 is 5.97 Å². The molecule has 0 aliphatic carbocycles. The summed E-state index contributed by atoms with van der Waals surface area (Å²) >= 11 is 12.3. The number of nitrogens with zero attached hydrogens (tertiary/aromatic N) is 2. The summed E-state index contributed by atoms with van der Waals surface area (Å²) in [5.41, 5.74) is 1.78. The molecule has 0 amide bonds. The number of amidine groups is 1. The first-order chi connectivity index (χ1) is 15.8. The van der Waals surface area contributed by atoms with Crippen LogP contribution in [0, 0.1) is 0 Å². The van der Waals surface area contributed by atoms with Gasteiger partial charge in [0.15, 0.2) is 5.84 Å². The summed E-state index contributed by atoms with van der Waals surface area (Å²) in [7, 11) is -3.83. The molecule has 3 aromatic carbocycles. The third-order valence-electron chi connectivity index (χ3n) is 4.83. The van der Waals surface area contributed by atoms with Gasteiger partial charge in [0, 0.05) is 16.7 Å². The maximum absolute atomic E-state index is 12.6. The zero-order chi connectivity index (χ0) is 23.4. The molecule has 3 aromatic rings. The number of carbonyl (C=O) groups is 1. The van der Waals surface area contributed by atoms with Crippen molar-refractivity contribution >= 4 is 56.8 Å². The highest BCUT2D eigenvalue weighted by Crippen LogP contribution is 2.32. The van der Waals surface area contributed by atoms with E-state index >= 15 is 0 Å². The van der Waals surface area contributed by atoms with E-state index in [-0.39, 0.29) is 23.9 Å². The predicted octanol–water partition coefficient (Wildman–Crippen LogP) is 5.21. The molecule has 9 heteroatoms. The molecular formula is C24H18Cl2N2O4S. The van der Waals surface area contributed by atoms with Crippen LogP contribution in [0.2, 0.25) is 10.0 Å². The number of rotatable bonds is 6. The third-order valence-corrected chi connectivity index (χ3v) is 6.71. The van der Waals surface area contributed by atoms with Gasteiger partial charge in [-0.05, 0) is 48.0 Å². The Hall–Kier alpha value is -3.13. The molecule has 0 fully saturated rings. The Morgan fingerprint density at radius 2 is 1.76 bits per heavy atom. The number of hydrogen-bond donors (Lipinski definition) is 0. The summed E-state index contributed by atoms with van der Waals surface area (Å²) in [5.74, 6) is -0.320. The summed E-state index contributed by atoms with van der Waals surface area (Å²) < 4.78 is 34.4. The Morgan fingerprint density at radius 1 is 1.00 bits per heavy atom. The summed E-state index contributed by atoms with van der Waals surface area (Å²) in [6.07, 6.45) is 2.91. The highest BCUT2D eigenvalue weighted by atomic mass is 35.5. The highest BCUT2D eigenvalue weighted by Gasteiger charge is 2.32. The fourth-order valence-corrected chi connectivity index (χ4v) is 5.00. The molecule has 168 valence electrons. The smallest absolute Gasteiger partial charge is 0.330 e. The number of halogens is 2. The Morgan fingerprint density at radius 3 is 2.55 bits per heavy atom. The second-order valence-corrected chi connectivity index (χ2v) is 9.46. The van der Waals surface area contributed by atoms with Gasteiger partial charge < -0.3 is 9.64 Å². The number of anilines is 1. The van der Waals surface area contributed by atoms with Crippen molar-refractivity contribution in [1.82, 2.24) is 0 Å². The van der Waals surface area contributed by atoms with Crippen molar-refractivity contribution in [2.45, 2.75) is 4.90 Å². The van der Waals surface area contributed by atoms with E-state index in [4.69, 9.17) is 27.9 Å². The zero-order valence-electron chi connectivity index (χ0n) is 17.2. The minimum atomic E-state index is -3.83. The van der Waals surface area contributed by atoms with Gasteiger partial charge in [0.2, 0.25) is 0 Å². The minimum absolute atomic E-state index is 0.0226. The summed E-state index contributed by atoms with van der Waals surface area (Å²) in [6.45, 7) is 0.119. The number of hydrogen-bond acceptors (Lipinski definition) is 5. The number of sulfonamides is 1. The van der Waals surface area contributed by atoms with Gasteiger partial charge in [-0.1, -0.05) is 59.6 Å². The van der Waals surface area contributed by atoms with Gasteiger partial charge in [-0.2, -0.15) is 8.42 Å². The molecule has 0 saturated carbocycles. The molecule has 1 heterocycles. The van der Waals surface area contributed by atoms with E-state index < -0.39 is 16.0 Å². The zero-order valence-corrected chi connectivity index (χ0v) is 19.5. The Balaban J connectivity index is 1.54. The lowest BCUT2D eigenvalue weighted by atomic mass is 10.1. The van der Waals surface area contributed by atoms with Crippen LogP contribution >= 0.6 is 23.2 Å². The van der Waals surface area contributed by atoms with Gasteiger partial charge in [-0.25, -0.2) is 4.79 Å².